The molecule has 0 amide bonds. The van der Waals surface area contributed by atoms with Gasteiger partial charge in [-0.15, -0.1) is 11.8 Å². The molecular formula is C11H10ClN3S. The summed E-state index contributed by atoms with van der Waals surface area (Å²) in [7, 11) is 0. The van der Waals surface area contributed by atoms with Crippen molar-refractivity contribution in [2.75, 3.05) is 5.73 Å². The van der Waals surface area contributed by atoms with E-state index >= 15 is 0 Å². The highest BCUT2D eigenvalue weighted by Crippen LogP contribution is 2.30. The zero-order valence-electron chi connectivity index (χ0n) is 8.43. The largest absolute Gasteiger partial charge is 0.399 e. The van der Waals surface area contributed by atoms with Crippen LogP contribution in [0.2, 0.25) is 5.02 Å². The summed E-state index contributed by atoms with van der Waals surface area (Å²) >= 11 is 7.65. The Morgan fingerprint density at radius 3 is 2.94 bits per heavy atom. The fourth-order valence-corrected chi connectivity index (χ4v) is 2.35. The maximum atomic E-state index is 6.05. The van der Waals surface area contributed by atoms with Crippen LogP contribution in [0.5, 0.6) is 0 Å². The van der Waals surface area contributed by atoms with Gasteiger partial charge < -0.3 is 5.73 Å². The Kier molecular flexibility index (Phi) is 3.64. The van der Waals surface area contributed by atoms with Gasteiger partial charge >= 0.3 is 0 Å². The molecule has 0 unspecified atom stereocenters. The molecule has 1 aromatic carbocycles. The number of rotatable bonds is 3. The number of nitrogens with two attached hydrogens (primary N) is 1. The highest BCUT2D eigenvalue weighted by Gasteiger charge is 2.02. The van der Waals surface area contributed by atoms with E-state index < -0.39 is 0 Å². The SMILES string of the molecule is Nc1ccc(Cl)c(SCc2cnccn2)c1. The van der Waals surface area contributed by atoms with Crippen LogP contribution in [-0.2, 0) is 5.75 Å². The molecule has 2 rings (SSSR count). The van der Waals surface area contributed by atoms with Gasteiger partial charge in [-0.1, -0.05) is 11.6 Å². The van der Waals surface area contributed by atoms with Gasteiger partial charge in [-0.2, -0.15) is 0 Å². The van der Waals surface area contributed by atoms with E-state index in [2.05, 4.69) is 9.97 Å². The van der Waals surface area contributed by atoms with Gasteiger partial charge in [0, 0.05) is 34.9 Å². The van der Waals surface area contributed by atoms with Gasteiger partial charge in [0.15, 0.2) is 0 Å². The molecule has 0 atom stereocenters. The number of aromatic nitrogens is 2. The number of benzene rings is 1. The fraction of sp³-hybridized carbons (Fsp3) is 0.0909. The maximum absolute atomic E-state index is 6.05. The van der Waals surface area contributed by atoms with Gasteiger partial charge in [-0.25, -0.2) is 0 Å². The van der Waals surface area contributed by atoms with E-state index in [1.165, 1.54) is 0 Å². The quantitative estimate of drug-likeness (QED) is 0.673. The van der Waals surface area contributed by atoms with Crippen molar-refractivity contribution in [3.63, 3.8) is 0 Å². The lowest BCUT2D eigenvalue weighted by molar-refractivity contribution is 1.10. The molecule has 0 spiro atoms. The smallest absolute Gasteiger partial charge is 0.0689 e. The molecule has 0 aliphatic carbocycles. The normalized spacial score (nSPS) is 10.3. The summed E-state index contributed by atoms with van der Waals surface area (Å²) in [6, 6.07) is 5.45. The first kappa shape index (κ1) is 11.2. The monoisotopic (exact) mass is 251 g/mol. The number of halogens is 1. The molecule has 0 aliphatic rings. The Bertz CT molecular complexity index is 476. The van der Waals surface area contributed by atoms with E-state index in [1.807, 2.05) is 6.07 Å². The van der Waals surface area contributed by atoms with Crippen molar-refractivity contribution in [3.8, 4) is 0 Å². The highest BCUT2D eigenvalue weighted by molar-refractivity contribution is 7.98. The van der Waals surface area contributed by atoms with Crippen LogP contribution >= 0.6 is 23.4 Å². The van der Waals surface area contributed by atoms with Crippen LogP contribution in [0.1, 0.15) is 5.69 Å². The van der Waals surface area contributed by atoms with Crippen LogP contribution in [0.3, 0.4) is 0 Å². The van der Waals surface area contributed by atoms with E-state index in [0.29, 0.717) is 10.7 Å². The summed E-state index contributed by atoms with van der Waals surface area (Å²) in [5.74, 6) is 0.733. The summed E-state index contributed by atoms with van der Waals surface area (Å²) in [4.78, 5) is 9.16. The molecule has 1 heterocycles. The van der Waals surface area contributed by atoms with Gasteiger partial charge in [0.2, 0.25) is 0 Å². The lowest BCUT2D eigenvalue weighted by atomic mass is 10.3. The Labute approximate surface area is 103 Å². The third kappa shape index (κ3) is 2.87. The Morgan fingerprint density at radius 2 is 2.19 bits per heavy atom. The molecule has 1 aromatic heterocycles. The standard InChI is InChI=1S/C11H10ClN3S/c12-10-2-1-8(13)5-11(10)16-7-9-6-14-3-4-15-9/h1-6H,7,13H2. The van der Waals surface area contributed by atoms with Crippen molar-refractivity contribution >= 4 is 29.1 Å². The molecule has 2 N–H and O–H groups in total. The second-order valence-electron chi connectivity index (χ2n) is 3.18. The van der Waals surface area contributed by atoms with Crippen LogP contribution in [-0.4, -0.2) is 9.97 Å². The zero-order chi connectivity index (χ0) is 11.4. The van der Waals surface area contributed by atoms with Gasteiger partial charge in [0.1, 0.15) is 0 Å². The number of nitrogens with zero attached hydrogens (tertiary/aromatic N) is 2. The van der Waals surface area contributed by atoms with Crippen LogP contribution in [0.4, 0.5) is 5.69 Å². The Hall–Kier alpha value is -1.26. The molecule has 0 bridgehead atoms. The molecule has 3 nitrogen and oxygen atoms in total. The first-order chi connectivity index (χ1) is 7.75. The third-order valence-corrected chi connectivity index (χ3v) is 3.48. The maximum Gasteiger partial charge on any atom is 0.0689 e. The molecule has 0 aliphatic heterocycles. The molecule has 82 valence electrons. The first-order valence-corrected chi connectivity index (χ1v) is 6.05. The van der Waals surface area contributed by atoms with Gasteiger partial charge in [0.25, 0.3) is 0 Å². The molecule has 16 heavy (non-hydrogen) atoms. The lowest BCUT2D eigenvalue weighted by Crippen LogP contribution is -1.88. The van der Waals surface area contributed by atoms with Gasteiger partial charge in [0.05, 0.1) is 10.7 Å². The Balaban J connectivity index is 2.08. The molecular weight excluding hydrogens is 242 g/mol. The number of hydrogen-bond donors (Lipinski definition) is 1. The first-order valence-electron chi connectivity index (χ1n) is 4.68. The van der Waals surface area contributed by atoms with Crippen molar-refractivity contribution in [3.05, 3.63) is 47.5 Å². The number of anilines is 1. The van der Waals surface area contributed by atoms with E-state index in [0.717, 1.165) is 16.3 Å². The van der Waals surface area contributed by atoms with Crippen molar-refractivity contribution in [2.24, 2.45) is 0 Å². The fourth-order valence-electron chi connectivity index (χ4n) is 1.19. The number of thioether (sulfide) groups is 1. The van der Waals surface area contributed by atoms with Crippen molar-refractivity contribution in [1.82, 2.24) is 9.97 Å². The summed E-state index contributed by atoms with van der Waals surface area (Å²) in [5, 5.41) is 0.711. The number of nitrogen functional groups attached to an aromatic ring is 1. The second kappa shape index (κ2) is 5.18. The predicted molar refractivity (Wildman–Crippen MR) is 67.5 cm³/mol. The van der Waals surface area contributed by atoms with Crippen LogP contribution in [0, 0.1) is 0 Å². The lowest BCUT2D eigenvalue weighted by Gasteiger charge is -2.04. The van der Waals surface area contributed by atoms with Crippen molar-refractivity contribution in [2.45, 2.75) is 10.6 Å². The minimum Gasteiger partial charge on any atom is -0.399 e. The second-order valence-corrected chi connectivity index (χ2v) is 4.60. The van der Waals surface area contributed by atoms with Crippen molar-refractivity contribution in [1.29, 1.82) is 0 Å². The summed E-state index contributed by atoms with van der Waals surface area (Å²) in [6.07, 6.45) is 5.08. The van der Waals surface area contributed by atoms with Crippen LogP contribution < -0.4 is 5.73 Å². The van der Waals surface area contributed by atoms with Crippen LogP contribution in [0.25, 0.3) is 0 Å². The molecule has 0 saturated heterocycles. The van der Waals surface area contributed by atoms with Crippen molar-refractivity contribution < 1.29 is 0 Å². The van der Waals surface area contributed by atoms with Gasteiger partial charge in [-0.05, 0) is 18.2 Å². The van der Waals surface area contributed by atoms with E-state index in [9.17, 15) is 0 Å². The van der Waals surface area contributed by atoms with E-state index in [-0.39, 0.29) is 0 Å². The predicted octanol–water partition coefficient (Wildman–Crippen LogP) is 3.00. The highest BCUT2D eigenvalue weighted by atomic mass is 35.5. The molecule has 0 radical (unpaired) electrons. The molecule has 2 aromatic rings. The Morgan fingerprint density at radius 1 is 1.31 bits per heavy atom. The number of hydrogen-bond acceptors (Lipinski definition) is 4. The molecule has 0 saturated carbocycles. The summed E-state index contributed by atoms with van der Waals surface area (Å²) in [6.45, 7) is 0. The van der Waals surface area contributed by atoms with E-state index in [1.54, 1.807) is 42.5 Å². The van der Waals surface area contributed by atoms with Crippen LogP contribution in [0.15, 0.2) is 41.7 Å². The summed E-state index contributed by atoms with van der Waals surface area (Å²) in [5.41, 5.74) is 7.33. The molecule has 5 heteroatoms. The third-order valence-electron chi connectivity index (χ3n) is 1.95. The average molecular weight is 252 g/mol. The topological polar surface area (TPSA) is 51.8 Å². The van der Waals surface area contributed by atoms with Gasteiger partial charge in [-0.3, -0.25) is 9.97 Å². The minimum atomic E-state index is 0.711. The molecule has 0 fully saturated rings. The minimum absolute atomic E-state index is 0.711. The zero-order valence-corrected chi connectivity index (χ0v) is 10.0. The van der Waals surface area contributed by atoms with E-state index in [4.69, 9.17) is 17.3 Å². The average Bonchev–Trinajstić information content (AvgIpc) is 2.32. The summed E-state index contributed by atoms with van der Waals surface area (Å²) < 4.78 is 0.